The van der Waals surface area contributed by atoms with Crippen LogP contribution < -0.4 is 0 Å². The lowest BCUT2D eigenvalue weighted by Gasteiger charge is -2.03. The lowest BCUT2D eigenvalue weighted by molar-refractivity contribution is 0.622. The minimum atomic E-state index is -0.301. The number of hydrogen-bond donors (Lipinski definition) is 0. The first-order valence-corrected chi connectivity index (χ1v) is 6.89. The molecule has 0 spiro atoms. The van der Waals surface area contributed by atoms with Crippen LogP contribution in [0.25, 0.3) is 11.3 Å². The second-order valence-electron chi connectivity index (χ2n) is 3.80. The number of nitrogens with zero attached hydrogens (tertiary/aromatic N) is 1. The minimum Gasteiger partial charge on any atom is -0.253 e. The molecule has 0 radical (unpaired) electrons. The van der Waals surface area contributed by atoms with Gasteiger partial charge in [0.05, 0.1) is 11.9 Å². The fourth-order valence-electron chi connectivity index (χ4n) is 1.61. The standard InChI is InChI=1S/C14H14FNS/c1-17-9-8-11-2-4-12(5-3-11)14-7-6-13(15)10-16-14/h2-7,10H,8-9H2,1H3. The first-order valence-electron chi connectivity index (χ1n) is 5.49. The lowest BCUT2D eigenvalue weighted by atomic mass is 10.1. The Bertz CT molecular complexity index is 465. The summed E-state index contributed by atoms with van der Waals surface area (Å²) in [6.07, 6.45) is 4.44. The average Bonchev–Trinajstić information content (AvgIpc) is 2.38. The van der Waals surface area contributed by atoms with Crippen molar-refractivity contribution in [3.8, 4) is 11.3 Å². The second kappa shape index (κ2) is 5.82. The molecule has 0 saturated carbocycles. The van der Waals surface area contributed by atoms with E-state index >= 15 is 0 Å². The van der Waals surface area contributed by atoms with Gasteiger partial charge in [-0.1, -0.05) is 24.3 Å². The van der Waals surface area contributed by atoms with E-state index in [2.05, 4.69) is 23.4 Å². The molecule has 1 heterocycles. The number of rotatable bonds is 4. The molecular weight excluding hydrogens is 233 g/mol. The van der Waals surface area contributed by atoms with Crippen molar-refractivity contribution in [2.45, 2.75) is 6.42 Å². The summed E-state index contributed by atoms with van der Waals surface area (Å²) >= 11 is 1.84. The Morgan fingerprint density at radius 2 is 1.88 bits per heavy atom. The van der Waals surface area contributed by atoms with Crippen molar-refractivity contribution in [2.24, 2.45) is 0 Å². The van der Waals surface area contributed by atoms with Gasteiger partial charge in [0.1, 0.15) is 5.82 Å². The summed E-state index contributed by atoms with van der Waals surface area (Å²) in [5.41, 5.74) is 3.16. The highest BCUT2D eigenvalue weighted by Crippen LogP contribution is 2.18. The normalized spacial score (nSPS) is 10.5. The molecule has 0 aliphatic rings. The Hall–Kier alpha value is -1.35. The Balaban J connectivity index is 2.14. The van der Waals surface area contributed by atoms with Gasteiger partial charge in [-0.25, -0.2) is 4.39 Å². The second-order valence-corrected chi connectivity index (χ2v) is 4.79. The number of hydrogen-bond acceptors (Lipinski definition) is 2. The largest absolute Gasteiger partial charge is 0.253 e. The molecule has 2 aromatic rings. The summed E-state index contributed by atoms with van der Waals surface area (Å²) in [4.78, 5) is 4.06. The van der Waals surface area contributed by atoms with E-state index in [1.165, 1.54) is 17.8 Å². The quantitative estimate of drug-likeness (QED) is 0.815. The Morgan fingerprint density at radius 3 is 2.47 bits per heavy atom. The molecule has 0 N–H and O–H groups in total. The lowest BCUT2D eigenvalue weighted by Crippen LogP contribution is -1.89. The molecule has 17 heavy (non-hydrogen) atoms. The van der Waals surface area contributed by atoms with Gasteiger partial charge in [0.2, 0.25) is 0 Å². The fourth-order valence-corrected chi connectivity index (χ4v) is 2.05. The Kier molecular flexibility index (Phi) is 4.15. The highest BCUT2D eigenvalue weighted by atomic mass is 32.2. The van der Waals surface area contributed by atoms with Crippen molar-refractivity contribution >= 4 is 11.8 Å². The number of aryl methyl sites for hydroxylation is 1. The van der Waals surface area contributed by atoms with Crippen LogP contribution in [0.2, 0.25) is 0 Å². The highest BCUT2D eigenvalue weighted by Gasteiger charge is 2.00. The maximum Gasteiger partial charge on any atom is 0.141 e. The van der Waals surface area contributed by atoms with Gasteiger partial charge in [0.15, 0.2) is 0 Å². The molecule has 0 atom stereocenters. The van der Waals surface area contributed by atoms with Crippen LogP contribution in [-0.4, -0.2) is 17.0 Å². The van der Waals surface area contributed by atoms with Crippen molar-refractivity contribution in [3.05, 3.63) is 54.0 Å². The van der Waals surface area contributed by atoms with Crippen LogP contribution in [0, 0.1) is 5.82 Å². The first-order chi connectivity index (χ1) is 8.29. The molecule has 0 aliphatic carbocycles. The zero-order valence-corrected chi connectivity index (χ0v) is 10.5. The predicted molar refractivity (Wildman–Crippen MR) is 71.7 cm³/mol. The van der Waals surface area contributed by atoms with E-state index in [1.54, 1.807) is 6.07 Å². The molecule has 3 heteroatoms. The molecule has 0 aliphatic heterocycles. The molecule has 2 rings (SSSR count). The van der Waals surface area contributed by atoms with E-state index in [4.69, 9.17) is 0 Å². The summed E-state index contributed by atoms with van der Waals surface area (Å²) in [5, 5.41) is 0. The summed E-state index contributed by atoms with van der Waals surface area (Å²) < 4.78 is 12.7. The van der Waals surface area contributed by atoms with Gasteiger partial charge in [-0.2, -0.15) is 11.8 Å². The number of pyridine rings is 1. The van der Waals surface area contributed by atoms with Crippen LogP contribution >= 0.6 is 11.8 Å². The maximum absolute atomic E-state index is 12.7. The van der Waals surface area contributed by atoms with Gasteiger partial charge in [-0.15, -0.1) is 0 Å². The van der Waals surface area contributed by atoms with E-state index in [9.17, 15) is 4.39 Å². The third-order valence-corrected chi connectivity index (χ3v) is 3.18. The van der Waals surface area contributed by atoms with Gasteiger partial charge in [-0.05, 0) is 36.1 Å². The van der Waals surface area contributed by atoms with Gasteiger partial charge in [0.25, 0.3) is 0 Å². The van der Waals surface area contributed by atoms with Crippen molar-refractivity contribution in [1.82, 2.24) is 4.98 Å². The molecule has 1 aromatic carbocycles. The SMILES string of the molecule is CSCCc1ccc(-c2ccc(F)cn2)cc1. The van der Waals surface area contributed by atoms with E-state index in [1.807, 2.05) is 23.9 Å². The summed E-state index contributed by atoms with van der Waals surface area (Å²) in [7, 11) is 0. The highest BCUT2D eigenvalue weighted by molar-refractivity contribution is 7.98. The zero-order chi connectivity index (χ0) is 12.1. The smallest absolute Gasteiger partial charge is 0.141 e. The topological polar surface area (TPSA) is 12.9 Å². The molecule has 0 bridgehead atoms. The van der Waals surface area contributed by atoms with Gasteiger partial charge >= 0.3 is 0 Å². The van der Waals surface area contributed by atoms with E-state index in [0.29, 0.717) is 0 Å². The molecule has 0 amide bonds. The van der Waals surface area contributed by atoms with Crippen molar-refractivity contribution < 1.29 is 4.39 Å². The van der Waals surface area contributed by atoms with Crippen LogP contribution in [-0.2, 0) is 6.42 Å². The van der Waals surface area contributed by atoms with Gasteiger partial charge in [-0.3, -0.25) is 4.98 Å². The predicted octanol–water partition coefficient (Wildman–Crippen LogP) is 3.79. The average molecular weight is 247 g/mol. The number of aromatic nitrogens is 1. The Labute approximate surface area is 105 Å². The van der Waals surface area contributed by atoms with E-state index < -0.39 is 0 Å². The number of thioether (sulfide) groups is 1. The first kappa shape index (κ1) is 12.1. The number of halogens is 1. The molecule has 0 saturated heterocycles. The van der Waals surface area contributed by atoms with Crippen molar-refractivity contribution in [3.63, 3.8) is 0 Å². The molecule has 1 nitrogen and oxygen atoms in total. The van der Waals surface area contributed by atoms with Crippen molar-refractivity contribution in [2.75, 3.05) is 12.0 Å². The van der Waals surface area contributed by atoms with Crippen LogP contribution in [0.1, 0.15) is 5.56 Å². The van der Waals surface area contributed by atoms with Crippen LogP contribution in [0.5, 0.6) is 0 Å². The molecular formula is C14H14FNS. The molecule has 0 unspecified atom stereocenters. The molecule has 88 valence electrons. The fraction of sp³-hybridized carbons (Fsp3) is 0.214. The van der Waals surface area contributed by atoms with Crippen molar-refractivity contribution in [1.29, 1.82) is 0 Å². The summed E-state index contributed by atoms with van der Waals surface area (Å²) in [6, 6.07) is 11.4. The third-order valence-electron chi connectivity index (χ3n) is 2.57. The van der Waals surface area contributed by atoms with Gasteiger partial charge < -0.3 is 0 Å². The number of benzene rings is 1. The van der Waals surface area contributed by atoms with Crippen LogP contribution in [0.15, 0.2) is 42.6 Å². The van der Waals surface area contributed by atoms with E-state index in [-0.39, 0.29) is 5.82 Å². The Morgan fingerprint density at radius 1 is 1.12 bits per heavy atom. The molecule has 1 aromatic heterocycles. The minimum absolute atomic E-state index is 0.301. The summed E-state index contributed by atoms with van der Waals surface area (Å²) in [6.45, 7) is 0. The van der Waals surface area contributed by atoms with Crippen LogP contribution in [0.3, 0.4) is 0 Å². The van der Waals surface area contributed by atoms with Gasteiger partial charge in [0, 0.05) is 5.56 Å². The van der Waals surface area contributed by atoms with Crippen LogP contribution in [0.4, 0.5) is 4.39 Å². The zero-order valence-electron chi connectivity index (χ0n) is 9.69. The monoisotopic (exact) mass is 247 g/mol. The maximum atomic E-state index is 12.7. The summed E-state index contributed by atoms with van der Waals surface area (Å²) in [5.74, 6) is 0.832. The molecule has 0 fully saturated rings. The van der Waals surface area contributed by atoms with E-state index in [0.717, 1.165) is 23.4 Å². The third kappa shape index (κ3) is 3.30.